The zero-order valence-corrected chi connectivity index (χ0v) is 22.7. The second-order valence-corrected chi connectivity index (χ2v) is 9.26. The molecule has 0 bridgehead atoms. The minimum absolute atomic E-state index is 0. The van der Waals surface area contributed by atoms with Crippen LogP contribution in [-0.2, 0) is 23.5 Å². The molecule has 11 nitrogen and oxygen atoms in total. The maximum atomic E-state index is 12.1. The number of nitrogens with zero attached hydrogens (tertiary/aromatic N) is 6. The molecule has 177 valence electrons. The van der Waals surface area contributed by atoms with Crippen LogP contribution in [0.3, 0.4) is 0 Å². The molecule has 0 aliphatic heterocycles. The van der Waals surface area contributed by atoms with Crippen LogP contribution in [0.1, 0.15) is 17.0 Å². The third-order valence-corrected chi connectivity index (χ3v) is 6.56. The molecule has 2 N–H and O–H groups in total. The van der Waals surface area contributed by atoms with Gasteiger partial charge in [0, 0.05) is 54.4 Å². The summed E-state index contributed by atoms with van der Waals surface area (Å²) in [5, 5.41) is 16.9. The molecular formula is C22H24N8NaO3S. The van der Waals surface area contributed by atoms with Gasteiger partial charge in [0.1, 0.15) is 0 Å². The van der Waals surface area contributed by atoms with E-state index in [1.807, 2.05) is 65.7 Å². The summed E-state index contributed by atoms with van der Waals surface area (Å²) < 4.78 is 29.0. The van der Waals surface area contributed by atoms with Crippen molar-refractivity contribution in [1.29, 1.82) is 0 Å². The smallest absolute Gasteiger partial charge is 0.328 e. The van der Waals surface area contributed by atoms with E-state index in [4.69, 9.17) is 5.10 Å². The number of benzene rings is 2. The first-order valence-corrected chi connectivity index (χ1v) is 12.0. The second-order valence-electron chi connectivity index (χ2n) is 7.69. The Morgan fingerprint density at radius 1 is 1.03 bits per heavy atom. The quantitative estimate of drug-likeness (QED) is 0.365. The Morgan fingerprint density at radius 3 is 2.34 bits per heavy atom. The van der Waals surface area contributed by atoms with Gasteiger partial charge in [-0.1, -0.05) is 47.6 Å². The SMILES string of the molecule is Cc1nn(-c2ccc(CCNC(=O)NS(=O)(=O)c3nnnn3C)cc2)c(C)c1-c1ccccc1.[Na]. The van der Waals surface area contributed by atoms with Crippen molar-refractivity contribution >= 4 is 45.6 Å². The van der Waals surface area contributed by atoms with Crippen LogP contribution >= 0.6 is 0 Å². The summed E-state index contributed by atoms with van der Waals surface area (Å²) in [5.41, 5.74) is 6.16. The van der Waals surface area contributed by atoms with Crippen LogP contribution < -0.4 is 10.0 Å². The molecule has 0 fully saturated rings. The molecule has 2 aromatic carbocycles. The number of tetrazole rings is 1. The third-order valence-electron chi connectivity index (χ3n) is 5.28. The zero-order chi connectivity index (χ0) is 24.3. The topological polar surface area (TPSA) is 137 Å². The van der Waals surface area contributed by atoms with E-state index in [9.17, 15) is 13.2 Å². The normalized spacial score (nSPS) is 11.1. The van der Waals surface area contributed by atoms with Gasteiger partial charge in [0.05, 0.1) is 11.4 Å². The van der Waals surface area contributed by atoms with Crippen molar-refractivity contribution < 1.29 is 13.2 Å². The first-order chi connectivity index (χ1) is 16.3. The Balaban J connectivity index is 0.00000342. The van der Waals surface area contributed by atoms with Gasteiger partial charge in [-0.05, 0) is 54.0 Å². The Bertz CT molecular complexity index is 1420. The Morgan fingerprint density at radius 2 is 1.71 bits per heavy atom. The van der Waals surface area contributed by atoms with Crippen molar-refractivity contribution in [2.75, 3.05) is 6.54 Å². The van der Waals surface area contributed by atoms with Crippen molar-refractivity contribution in [3.63, 3.8) is 0 Å². The van der Waals surface area contributed by atoms with Gasteiger partial charge in [-0.2, -0.15) is 13.5 Å². The summed E-state index contributed by atoms with van der Waals surface area (Å²) in [4.78, 5) is 12.0. The Kier molecular flexibility index (Phi) is 8.43. The number of rotatable bonds is 7. The van der Waals surface area contributed by atoms with Crippen LogP contribution in [0.25, 0.3) is 16.8 Å². The fourth-order valence-electron chi connectivity index (χ4n) is 3.69. The zero-order valence-electron chi connectivity index (χ0n) is 19.9. The van der Waals surface area contributed by atoms with Crippen LogP contribution in [-0.4, -0.2) is 80.5 Å². The molecule has 0 saturated heterocycles. The van der Waals surface area contributed by atoms with Crippen molar-refractivity contribution in [2.24, 2.45) is 7.05 Å². The van der Waals surface area contributed by atoms with Gasteiger partial charge in [-0.25, -0.2) is 18.9 Å². The maximum absolute atomic E-state index is 12.1. The monoisotopic (exact) mass is 503 g/mol. The number of carbonyl (C=O) groups is 1. The molecule has 35 heavy (non-hydrogen) atoms. The fourth-order valence-corrected chi connectivity index (χ4v) is 4.63. The predicted molar refractivity (Wildman–Crippen MR) is 130 cm³/mol. The number of urea groups is 1. The molecule has 13 heteroatoms. The molecule has 4 rings (SSSR count). The van der Waals surface area contributed by atoms with E-state index in [2.05, 4.69) is 33.0 Å². The van der Waals surface area contributed by atoms with Gasteiger partial charge in [0.15, 0.2) is 0 Å². The molecule has 2 heterocycles. The summed E-state index contributed by atoms with van der Waals surface area (Å²) in [6, 6.07) is 17.1. The molecule has 2 amide bonds. The largest absolute Gasteiger partial charge is 0.337 e. The first kappa shape index (κ1) is 26.5. The predicted octanol–water partition coefficient (Wildman–Crippen LogP) is 1.53. The van der Waals surface area contributed by atoms with Gasteiger partial charge in [-0.15, -0.1) is 0 Å². The van der Waals surface area contributed by atoms with E-state index in [-0.39, 0.29) is 36.1 Å². The number of amides is 2. The third kappa shape index (κ3) is 5.96. The molecular weight excluding hydrogens is 479 g/mol. The molecule has 2 aromatic heterocycles. The maximum Gasteiger partial charge on any atom is 0.328 e. The molecule has 0 aliphatic carbocycles. The van der Waals surface area contributed by atoms with E-state index in [0.717, 1.165) is 38.4 Å². The number of aromatic nitrogens is 6. The Hall–Kier alpha value is -3.06. The van der Waals surface area contributed by atoms with E-state index >= 15 is 0 Å². The van der Waals surface area contributed by atoms with Gasteiger partial charge < -0.3 is 5.32 Å². The summed E-state index contributed by atoms with van der Waals surface area (Å²) in [7, 11) is -2.78. The van der Waals surface area contributed by atoms with Gasteiger partial charge in [0.25, 0.3) is 5.16 Å². The number of carbonyl (C=O) groups excluding carboxylic acids is 1. The number of hydrogen-bond acceptors (Lipinski definition) is 7. The van der Waals surface area contributed by atoms with E-state index in [1.165, 1.54) is 7.05 Å². The molecule has 0 aliphatic rings. The number of nitrogens with one attached hydrogen (secondary N) is 2. The van der Waals surface area contributed by atoms with E-state index in [0.29, 0.717) is 6.42 Å². The van der Waals surface area contributed by atoms with Crippen molar-refractivity contribution in [3.05, 3.63) is 71.5 Å². The molecule has 0 atom stereocenters. The summed E-state index contributed by atoms with van der Waals surface area (Å²) in [6.07, 6.45) is 0.519. The van der Waals surface area contributed by atoms with Crippen LogP contribution in [0.2, 0.25) is 0 Å². The van der Waals surface area contributed by atoms with Crippen molar-refractivity contribution in [3.8, 4) is 16.8 Å². The summed E-state index contributed by atoms with van der Waals surface area (Å²) >= 11 is 0. The van der Waals surface area contributed by atoms with Gasteiger partial charge >= 0.3 is 16.1 Å². The fraction of sp³-hybridized carbons (Fsp3) is 0.227. The molecule has 4 aromatic rings. The number of hydrogen-bond donors (Lipinski definition) is 2. The molecule has 1 radical (unpaired) electrons. The minimum atomic E-state index is -4.15. The molecule has 0 spiro atoms. The summed E-state index contributed by atoms with van der Waals surface area (Å²) in [5.74, 6) is 0. The Labute approximate surface area is 225 Å². The second kappa shape index (κ2) is 11.1. The molecule has 0 saturated carbocycles. The number of sulfonamides is 1. The van der Waals surface area contributed by atoms with Crippen LogP contribution in [0.15, 0.2) is 59.8 Å². The number of aryl methyl sites for hydroxylation is 2. The van der Waals surface area contributed by atoms with Gasteiger partial charge in [-0.3, -0.25) is 0 Å². The van der Waals surface area contributed by atoms with Crippen molar-refractivity contribution in [2.45, 2.75) is 25.4 Å². The average Bonchev–Trinajstić information content (AvgIpc) is 3.37. The summed E-state index contributed by atoms with van der Waals surface area (Å²) in [6.45, 7) is 4.29. The van der Waals surface area contributed by atoms with Crippen LogP contribution in [0.4, 0.5) is 4.79 Å². The van der Waals surface area contributed by atoms with E-state index in [1.54, 1.807) is 0 Å². The first-order valence-electron chi connectivity index (χ1n) is 10.5. The standard InChI is InChI=1S/C22H24N8O3S.Na/c1-15-20(18-7-5-4-6-8-18)16(2)30(25-15)19-11-9-17(10-12-19)13-14-23-21(31)26-34(32,33)22-24-27-28-29(22)3;/h4-12H,13-14H2,1-3H3,(H2,23,26,31);. The average molecular weight is 504 g/mol. The van der Waals surface area contributed by atoms with E-state index < -0.39 is 21.2 Å². The molecule has 0 unspecified atom stereocenters. The van der Waals surface area contributed by atoms with Crippen LogP contribution in [0.5, 0.6) is 0 Å². The minimum Gasteiger partial charge on any atom is -0.337 e. The van der Waals surface area contributed by atoms with Crippen LogP contribution in [0, 0.1) is 13.8 Å². The van der Waals surface area contributed by atoms with Gasteiger partial charge in [0.2, 0.25) is 0 Å². The van der Waals surface area contributed by atoms with Crippen molar-refractivity contribution in [1.82, 2.24) is 40.0 Å².